The first-order valence-corrected chi connectivity index (χ1v) is 8.88. The van der Waals surface area contributed by atoms with Crippen molar-refractivity contribution in [3.05, 3.63) is 59.7 Å². The zero-order valence-corrected chi connectivity index (χ0v) is 16.1. The van der Waals surface area contributed by atoms with Crippen molar-refractivity contribution < 1.29 is 9.47 Å². The molecule has 2 rings (SSSR count). The third-order valence-corrected chi connectivity index (χ3v) is 4.32. The summed E-state index contributed by atoms with van der Waals surface area (Å²) in [5.74, 6) is 2.73. The lowest BCUT2D eigenvalue weighted by Gasteiger charge is -2.16. The van der Waals surface area contributed by atoms with Gasteiger partial charge in [-0.15, -0.1) is 0 Å². The molecule has 2 N–H and O–H groups in total. The van der Waals surface area contributed by atoms with E-state index >= 15 is 0 Å². The van der Waals surface area contributed by atoms with E-state index in [2.05, 4.69) is 52.9 Å². The van der Waals surface area contributed by atoms with E-state index < -0.39 is 0 Å². The van der Waals surface area contributed by atoms with Gasteiger partial charge in [-0.3, -0.25) is 4.99 Å². The fourth-order valence-corrected chi connectivity index (χ4v) is 2.73. The minimum Gasteiger partial charge on any atom is -0.493 e. The van der Waals surface area contributed by atoms with Gasteiger partial charge in [0.2, 0.25) is 0 Å². The van der Waals surface area contributed by atoms with Crippen molar-refractivity contribution in [2.45, 2.75) is 19.3 Å². The molecule has 0 heterocycles. The molecule has 2 aromatic rings. The molecule has 140 valence electrons. The van der Waals surface area contributed by atoms with E-state index in [-0.39, 0.29) is 0 Å². The van der Waals surface area contributed by atoms with Crippen LogP contribution >= 0.6 is 0 Å². The SMILES string of the molecule is CN=C(NCCc1ccc(OC)c(OC)c1)NCC(C)c1ccccc1. The lowest BCUT2D eigenvalue weighted by Crippen LogP contribution is -2.39. The van der Waals surface area contributed by atoms with Crippen LogP contribution in [0.25, 0.3) is 0 Å². The summed E-state index contributed by atoms with van der Waals surface area (Å²) in [6, 6.07) is 16.5. The first kappa shape index (κ1) is 19.6. The van der Waals surface area contributed by atoms with Gasteiger partial charge in [0, 0.05) is 20.1 Å². The zero-order valence-electron chi connectivity index (χ0n) is 16.1. The Morgan fingerprint density at radius 1 is 1.00 bits per heavy atom. The van der Waals surface area contributed by atoms with Crippen LogP contribution in [0.5, 0.6) is 11.5 Å². The topological polar surface area (TPSA) is 54.9 Å². The zero-order chi connectivity index (χ0) is 18.8. The van der Waals surface area contributed by atoms with Crippen LogP contribution in [0.3, 0.4) is 0 Å². The van der Waals surface area contributed by atoms with E-state index in [1.54, 1.807) is 21.3 Å². The van der Waals surface area contributed by atoms with Gasteiger partial charge >= 0.3 is 0 Å². The minimum absolute atomic E-state index is 0.417. The van der Waals surface area contributed by atoms with Crippen molar-refractivity contribution >= 4 is 5.96 Å². The van der Waals surface area contributed by atoms with Gasteiger partial charge < -0.3 is 20.1 Å². The quantitative estimate of drug-likeness (QED) is 0.564. The molecule has 0 fully saturated rings. The Balaban J connectivity index is 1.80. The molecule has 0 radical (unpaired) electrons. The van der Waals surface area contributed by atoms with Crippen LogP contribution in [0.15, 0.2) is 53.5 Å². The summed E-state index contributed by atoms with van der Waals surface area (Å²) in [5, 5.41) is 6.75. The number of hydrogen-bond acceptors (Lipinski definition) is 3. The number of rotatable bonds is 8. The molecule has 26 heavy (non-hydrogen) atoms. The van der Waals surface area contributed by atoms with E-state index in [0.717, 1.165) is 37.0 Å². The third-order valence-electron chi connectivity index (χ3n) is 4.32. The average Bonchev–Trinajstić information content (AvgIpc) is 2.70. The second kappa shape index (κ2) is 10.3. The molecule has 0 aliphatic heterocycles. The van der Waals surface area contributed by atoms with E-state index in [1.165, 1.54) is 11.1 Å². The molecule has 5 nitrogen and oxygen atoms in total. The summed E-state index contributed by atoms with van der Waals surface area (Å²) in [6.45, 7) is 3.83. The normalized spacial score (nSPS) is 12.4. The number of ether oxygens (including phenoxy) is 2. The van der Waals surface area contributed by atoms with E-state index in [1.807, 2.05) is 18.2 Å². The molecule has 0 spiro atoms. The largest absolute Gasteiger partial charge is 0.493 e. The Bertz CT molecular complexity index is 702. The highest BCUT2D eigenvalue weighted by Crippen LogP contribution is 2.27. The number of nitrogens with zero attached hydrogens (tertiary/aromatic N) is 1. The van der Waals surface area contributed by atoms with Gasteiger partial charge in [0.1, 0.15) is 0 Å². The van der Waals surface area contributed by atoms with E-state index in [9.17, 15) is 0 Å². The van der Waals surface area contributed by atoms with Crippen LogP contribution in [0.2, 0.25) is 0 Å². The number of benzene rings is 2. The molecule has 0 amide bonds. The summed E-state index contributed by atoms with van der Waals surface area (Å²) in [6.07, 6.45) is 0.870. The van der Waals surface area contributed by atoms with Crippen molar-refractivity contribution in [1.29, 1.82) is 0 Å². The fraction of sp³-hybridized carbons (Fsp3) is 0.381. The highest BCUT2D eigenvalue weighted by atomic mass is 16.5. The summed E-state index contributed by atoms with van der Waals surface area (Å²) in [5.41, 5.74) is 2.50. The highest BCUT2D eigenvalue weighted by molar-refractivity contribution is 5.79. The van der Waals surface area contributed by atoms with E-state index in [0.29, 0.717) is 5.92 Å². The molecule has 0 saturated carbocycles. The van der Waals surface area contributed by atoms with Gasteiger partial charge in [0.15, 0.2) is 17.5 Å². The van der Waals surface area contributed by atoms with Crippen LogP contribution in [0.1, 0.15) is 24.0 Å². The Morgan fingerprint density at radius 3 is 2.38 bits per heavy atom. The average molecular weight is 355 g/mol. The molecular formula is C21H29N3O2. The third kappa shape index (κ3) is 5.69. The lowest BCUT2D eigenvalue weighted by atomic mass is 10.0. The van der Waals surface area contributed by atoms with Crippen LogP contribution in [0.4, 0.5) is 0 Å². The molecule has 1 atom stereocenters. The lowest BCUT2D eigenvalue weighted by molar-refractivity contribution is 0.354. The van der Waals surface area contributed by atoms with Crippen molar-refractivity contribution in [1.82, 2.24) is 10.6 Å². The standard InChI is InChI=1S/C21H29N3O2/c1-16(18-8-6-5-7-9-18)15-24-21(22-2)23-13-12-17-10-11-19(25-3)20(14-17)26-4/h5-11,14,16H,12-13,15H2,1-4H3,(H2,22,23,24). The molecule has 0 bridgehead atoms. The van der Waals surface area contributed by atoms with Gasteiger partial charge in [0.25, 0.3) is 0 Å². The molecule has 0 aromatic heterocycles. The van der Waals surface area contributed by atoms with Crippen LogP contribution in [0, 0.1) is 0 Å². The number of hydrogen-bond donors (Lipinski definition) is 2. The van der Waals surface area contributed by atoms with E-state index in [4.69, 9.17) is 9.47 Å². The number of nitrogens with one attached hydrogen (secondary N) is 2. The number of guanidine groups is 1. The van der Waals surface area contributed by atoms with Crippen molar-refractivity contribution in [3.63, 3.8) is 0 Å². The van der Waals surface area contributed by atoms with Gasteiger partial charge in [0.05, 0.1) is 14.2 Å². The van der Waals surface area contributed by atoms with Gasteiger partial charge in [-0.25, -0.2) is 0 Å². The van der Waals surface area contributed by atoms with Crippen LogP contribution in [-0.2, 0) is 6.42 Å². The first-order chi connectivity index (χ1) is 12.7. The van der Waals surface area contributed by atoms with Gasteiger partial charge in [-0.1, -0.05) is 43.3 Å². The maximum Gasteiger partial charge on any atom is 0.191 e. The summed E-state index contributed by atoms with van der Waals surface area (Å²) in [7, 11) is 5.09. The van der Waals surface area contributed by atoms with Crippen molar-refractivity contribution in [2.75, 3.05) is 34.4 Å². The van der Waals surface area contributed by atoms with Crippen LogP contribution < -0.4 is 20.1 Å². The monoisotopic (exact) mass is 355 g/mol. The summed E-state index contributed by atoms with van der Waals surface area (Å²) < 4.78 is 10.6. The number of methoxy groups -OCH3 is 2. The molecule has 0 saturated heterocycles. The molecule has 0 aliphatic rings. The Morgan fingerprint density at radius 2 is 1.73 bits per heavy atom. The fourth-order valence-electron chi connectivity index (χ4n) is 2.73. The Kier molecular flexibility index (Phi) is 7.80. The number of aliphatic imine (C=N–C) groups is 1. The van der Waals surface area contributed by atoms with Crippen molar-refractivity contribution in [3.8, 4) is 11.5 Å². The van der Waals surface area contributed by atoms with Crippen molar-refractivity contribution in [2.24, 2.45) is 4.99 Å². The second-order valence-electron chi connectivity index (χ2n) is 6.13. The first-order valence-electron chi connectivity index (χ1n) is 8.88. The predicted molar refractivity (Wildman–Crippen MR) is 107 cm³/mol. The Labute approximate surface area is 156 Å². The summed E-state index contributed by atoms with van der Waals surface area (Å²) in [4.78, 5) is 4.30. The molecule has 0 aliphatic carbocycles. The maximum absolute atomic E-state index is 5.35. The molecular weight excluding hydrogens is 326 g/mol. The predicted octanol–water partition coefficient (Wildman–Crippen LogP) is 3.22. The van der Waals surface area contributed by atoms with Gasteiger partial charge in [-0.2, -0.15) is 0 Å². The Hall–Kier alpha value is -2.69. The maximum atomic E-state index is 5.35. The highest BCUT2D eigenvalue weighted by Gasteiger charge is 2.07. The van der Waals surface area contributed by atoms with Gasteiger partial charge in [-0.05, 0) is 35.6 Å². The minimum atomic E-state index is 0.417. The van der Waals surface area contributed by atoms with Crippen LogP contribution in [-0.4, -0.2) is 40.3 Å². The molecule has 2 aromatic carbocycles. The summed E-state index contributed by atoms with van der Waals surface area (Å²) >= 11 is 0. The molecule has 1 unspecified atom stereocenters. The second-order valence-corrected chi connectivity index (χ2v) is 6.13. The molecule has 5 heteroatoms. The smallest absolute Gasteiger partial charge is 0.191 e.